The third-order valence-electron chi connectivity index (χ3n) is 4.97. The van der Waals surface area contributed by atoms with Crippen LogP contribution in [0.5, 0.6) is 0 Å². The van der Waals surface area contributed by atoms with E-state index in [0.717, 1.165) is 17.8 Å². The molecule has 0 aromatic rings. The van der Waals surface area contributed by atoms with Gasteiger partial charge in [0.1, 0.15) is 0 Å². The summed E-state index contributed by atoms with van der Waals surface area (Å²) < 4.78 is 0. The lowest BCUT2D eigenvalue weighted by Gasteiger charge is -2.33. The van der Waals surface area contributed by atoms with Crippen LogP contribution in [-0.2, 0) is 0 Å². The number of nitrogens with one attached hydrogen (secondary N) is 1. The fourth-order valence-corrected chi connectivity index (χ4v) is 3.51. The number of hydrogen-bond donors (Lipinski definition) is 1. The normalized spacial score (nSPS) is 35.7. The first kappa shape index (κ1) is 14.3. The van der Waals surface area contributed by atoms with Crippen LogP contribution in [0.2, 0.25) is 0 Å². The molecule has 18 heavy (non-hydrogen) atoms. The summed E-state index contributed by atoms with van der Waals surface area (Å²) in [5.41, 5.74) is 0. The van der Waals surface area contributed by atoms with Crippen LogP contribution in [0.4, 0.5) is 0 Å². The molecule has 0 amide bonds. The van der Waals surface area contributed by atoms with Gasteiger partial charge >= 0.3 is 0 Å². The molecule has 2 aliphatic rings. The molecule has 2 nitrogen and oxygen atoms in total. The maximum Gasteiger partial charge on any atom is 0.0217 e. The Hall–Kier alpha value is -0.0800. The van der Waals surface area contributed by atoms with Gasteiger partial charge in [-0.15, -0.1) is 0 Å². The van der Waals surface area contributed by atoms with Gasteiger partial charge in [0.15, 0.2) is 0 Å². The summed E-state index contributed by atoms with van der Waals surface area (Å²) in [4.78, 5) is 2.74. The van der Waals surface area contributed by atoms with Crippen molar-refractivity contribution in [1.82, 2.24) is 10.2 Å². The zero-order valence-corrected chi connectivity index (χ0v) is 12.6. The lowest BCUT2D eigenvalue weighted by Crippen LogP contribution is -2.42. The first-order valence-electron chi connectivity index (χ1n) is 8.11. The van der Waals surface area contributed by atoms with Crippen LogP contribution in [0.15, 0.2) is 0 Å². The van der Waals surface area contributed by atoms with Crippen LogP contribution in [0.3, 0.4) is 0 Å². The van der Waals surface area contributed by atoms with Crippen molar-refractivity contribution in [2.45, 2.75) is 58.9 Å². The van der Waals surface area contributed by atoms with E-state index in [2.05, 4.69) is 31.0 Å². The summed E-state index contributed by atoms with van der Waals surface area (Å²) in [7, 11) is 0. The van der Waals surface area contributed by atoms with Crippen LogP contribution in [0.1, 0.15) is 52.9 Å². The summed E-state index contributed by atoms with van der Waals surface area (Å²) in [5, 5.41) is 3.71. The van der Waals surface area contributed by atoms with Crippen molar-refractivity contribution >= 4 is 0 Å². The second-order valence-electron chi connectivity index (χ2n) is 7.04. The number of nitrogens with zero attached hydrogens (tertiary/aromatic N) is 1. The average molecular weight is 252 g/mol. The molecule has 0 aromatic carbocycles. The minimum atomic E-state index is 0.704. The van der Waals surface area contributed by atoms with E-state index in [1.54, 1.807) is 0 Å². The highest BCUT2D eigenvalue weighted by Gasteiger charge is 2.24. The number of rotatable bonds is 3. The van der Waals surface area contributed by atoms with Crippen molar-refractivity contribution in [3.05, 3.63) is 0 Å². The van der Waals surface area contributed by atoms with Crippen LogP contribution in [0.25, 0.3) is 0 Å². The molecule has 1 atom stereocenters. The molecule has 0 bridgehead atoms. The molecule has 106 valence electrons. The van der Waals surface area contributed by atoms with Crippen molar-refractivity contribution in [1.29, 1.82) is 0 Å². The minimum absolute atomic E-state index is 0.704. The highest BCUT2D eigenvalue weighted by Crippen LogP contribution is 2.29. The Bertz CT molecular complexity index is 231. The molecule has 0 aromatic heterocycles. The molecule has 1 saturated carbocycles. The Morgan fingerprint density at radius 3 is 2.56 bits per heavy atom. The van der Waals surface area contributed by atoms with Gasteiger partial charge in [-0.2, -0.15) is 0 Å². The molecule has 2 fully saturated rings. The lowest BCUT2D eigenvalue weighted by molar-refractivity contribution is 0.174. The molecule has 1 saturated heterocycles. The first-order chi connectivity index (χ1) is 8.65. The summed E-state index contributed by atoms with van der Waals surface area (Å²) in [6, 6.07) is 0.704. The van der Waals surface area contributed by atoms with Crippen molar-refractivity contribution in [3.63, 3.8) is 0 Å². The Balaban J connectivity index is 1.80. The fourth-order valence-electron chi connectivity index (χ4n) is 3.51. The standard InChI is InChI=1S/C16H32N2/c1-13(2)16-12-18(10-4-9-17-16)11-15-7-5-14(3)6-8-15/h13-17H,4-12H2,1-3H3. The summed E-state index contributed by atoms with van der Waals surface area (Å²) in [5.74, 6) is 2.72. The maximum absolute atomic E-state index is 3.71. The van der Waals surface area contributed by atoms with Gasteiger partial charge in [-0.05, 0) is 50.1 Å². The topological polar surface area (TPSA) is 15.3 Å². The highest BCUT2D eigenvalue weighted by atomic mass is 15.2. The van der Waals surface area contributed by atoms with Gasteiger partial charge in [0.25, 0.3) is 0 Å². The predicted octanol–water partition coefficient (Wildman–Crippen LogP) is 3.13. The Morgan fingerprint density at radius 2 is 1.89 bits per heavy atom. The van der Waals surface area contributed by atoms with E-state index in [4.69, 9.17) is 0 Å². The Labute approximate surface area is 114 Å². The van der Waals surface area contributed by atoms with E-state index < -0.39 is 0 Å². The van der Waals surface area contributed by atoms with Crippen molar-refractivity contribution in [3.8, 4) is 0 Å². The Morgan fingerprint density at radius 1 is 1.17 bits per heavy atom. The van der Waals surface area contributed by atoms with Gasteiger partial charge in [-0.1, -0.05) is 33.6 Å². The third-order valence-corrected chi connectivity index (χ3v) is 4.97. The zero-order valence-electron chi connectivity index (χ0n) is 12.6. The van der Waals surface area contributed by atoms with E-state index in [-0.39, 0.29) is 0 Å². The second-order valence-corrected chi connectivity index (χ2v) is 7.04. The van der Waals surface area contributed by atoms with Gasteiger partial charge in [0.2, 0.25) is 0 Å². The fraction of sp³-hybridized carbons (Fsp3) is 1.00. The van der Waals surface area contributed by atoms with Crippen LogP contribution in [0, 0.1) is 17.8 Å². The Kier molecular flexibility index (Phi) is 5.50. The maximum atomic E-state index is 3.71. The lowest BCUT2D eigenvalue weighted by atomic mass is 9.82. The monoisotopic (exact) mass is 252 g/mol. The minimum Gasteiger partial charge on any atom is -0.312 e. The summed E-state index contributed by atoms with van der Waals surface area (Å²) in [6.45, 7) is 12.3. The van der Waals surface area contributed by atoms with Gasteiger partial charge < -0.3 is 10.2 Å². The van der Waals surface area contributed by atoms with Crippen LogP contribution in [-0.4, -0.2) is 37.1 Å². The van der Waals surface area contributed by atoms with E-state index in [1.807, 2.05) is 0 Å². The SMILES string of the molecule is CC1CCC(CN2CCCNC(C(C)C)C2)CC1. The molecular formula is C16H32N2. The molecule has 1 unspecified atom stereocenters. The highest BCUT2D eigenvalue weighted by molar-refractivity contribution is 4.81. The van der Waals surface area contributed by atoms with E-state index in [1.165, 1.54) is 58.3 Å². The molecule has 1 heterocycles. The van der Waals surface area contributed by atoms with Crippen molar-refractivity contribution < 1.29 is 0 Å². The molecule has 1 aliphatic heterocycles. The van der Waals surface area contributed by atoms with E-state index in [0.29, 0.717) is 6.04 Å². The smallest absolute Gasteiger partial charge is 0.0217 e. The van der Waals surface area contributed by atoms with Crippen LogP contribution < -0.4 is 5.32 Å². The summed E-state index contributed by atoms with van der Waals surface area (Å²) in [6.07, 6.45) is 7.19. The largest absolute Gasteiger partial charge is 0.312 e. The molecule has 2 heteroatoms. The molecule has 0 radical (unpaired) electrons. The van der Waals surface area contributed by atoms with Crippen molar-refractivity contribution in [2.24, 2.45) is 17.8 Å². The second kappa shape index (κ2) is 6.91. The summed E-state index contributed by atoms with van der Waals surface area (Å²) >= 11 is 0. The average Bonchev–Trinajstić information content (AvgIpc) is 2.58. The predicted molar refractivity (Wildman–Crippen MR) is 78.8 cm³/mol. The van der Waals surface area contributed by atoms with Gasteiger partial charge in [0, 0.05) is 19.1 Å². The van der Waals surface area contributed by atoms with Crippen LogP contribution >= 0.6 is 0 Å². The molecule has 1 N–H and O–H groups in total. The van der Waals surface area contributed by atoms with E-state index >= 15 is 0 Å². The molecule has 1 aliphatic carbocycles. The first-order valence-corrected chi connectivity index (χ1v) is 8.11. The van der Waals surface area contributed by atoms with Gasteiger partial charge in [-0.3, -0.25) is 0 Å². The third kappa shape index (κ3) is 4.24. The molecule has 0 spiro atoms. The molecular weight excluding hydrogens is 220 g/mol. The van der Waals surface area contributed by atoms with Gasteiger partial charge in [-0.25, -0.2) is 0 Å². The number of hydrogen-bond acceptors (Lipinski definition) is 2. The van der Waals surface area contributed by atoms with Gasteiger partial charge in [0.05, 0.1) is 0 Å². The van der Waals surface area contributed by atoms with Crippen molar-refractivity contribution in [2.75, 3.05) is 26.2 Å². The van der Waals surface area contributed by atoms with E-state index in [9.17, 15) is 0 Å². The zero-order chi connectivity index (χ0) is 13.0. The quantitative estimate of drug-likeness (QED) is 0.830. The molecule has 2 rings (SSSR count).